The number of hydrazine groups is 1. The zero-order valence-electron chi connectivity index (χ0n) is 10.5. The number of halogens is 1. The molecule has 0 aliphatic heterocycles. The van der Waals surface area contributed by atoms with Gasteiger partial charge in [0.25, 0.3) is 0 Å². The molecular weight excluding hydrogens is 268 g/mol. The number of methoxy groups -OCH3 is 2. The Balaban J connectivity index is 2.53. The average molecular weight is 281 g/mol. The lowest BCUT2D eigenvalue weighted by Crippen LogP contribution is -2.09. The Labute approximate surface area is 115 Å². The van der Waals surface area contributed by atoms with Crippen LogP contribution in [-0.4, -0.2) is 24.2 Å². The minimum absolute atomic E-state index is 0.423. The van der Waals surface area contributed by atoms with E-state index in [0.29, 0.717) is 33.7 Å². The Kier molecular flexibility index (Phi) is 4.03. The third-order valence-electron chi connectivity index (χ3n) is 2.50. The van der Waals surface area contributed by atoms with Gasteiger partial charge in [-0.05, 0) is 12.1 Å². The van der Waals surface area contributed by atoms with Crippen molar-refractivity contribution in [3.05, 3.63) is 29.4 Å². The van der Waals surface area contributed by atoms with Crippen LogP contribution in [-0.2, 0) is 0 Å². The number of nitrogens with one attached hydrogen (secondary N) is 1. The van der Waals surface area contributed by atoms with Crippen molar-refractivity contribution in [3.8, 4) is 22.9 Å². The molecule has 1 aromatic heterocycles. The highest BCUT2D eigenvalue weighted by atomic mass is 35.5. The Hall–Kier alpha value is -2.05. The largest absolute Gasteiger partial charge is 0.493 e. The van der Waals surface area contributed by atoms with Gasteiger partial charge in [-0.1, -0.05) is 11.6 Å². The van der Waals surface area contributed by atoms with Gasteiger partial charge >= 0.3 is 0 Å². The Morgan fingerprint density at radius 2 is 2.05 bits per heavy atom. The van der Waals surface area contributed by atoms with E-state index in [1.807, 2.05) is 0 Å². The van der Waals surface area contributed by atoms with Gasteiger partial charge in [-0.2, -0.15) is 0 Å². The highest BCUT2D eigenvalue weighted by Crippen LogP contribution is 2.38. The first kappa shape index (κ1) is 13.4. The van der Waals surface area contributed by atoms with Crippen LogP contribution in [0.15, 0.2) is 24.4 Å². The summed E-state index contributed by atoms with van der Waals surface area (Å²) in [7, 11) is 3.07. The van der Waals surface area contributed by atoms with Gasteiger partial charge in [-0.3, -0.25) is 0 Å². The van der Waals surface area contributed by atoms with E-state index in [0.717, 1.165) is 0 Å². The summed E-state index contributed by atoms with van der Waals surface area (Å²) in [6.07, 6.45) is 1.60. The maximum absolute atomic E-state index is 6.14. The van der Waals surface area contributed by atoms with Gasteiger partial charge in [0.2, 0.25) is 0 Å². The SMILES string of the molecule is COc1cc(-c2nccc(NN)n2)cc(Cl)c1OC. The van der Waals surface area contributed by atoms with Crippen LogP contribution in [0.3, 0.4) is 0 Å². The Bertz CT molecular complexity index is 592. The number of hydrogen-bond donors (Lipinski definition) is 2. The van der Waals surface area contributed by atoms with Crippen LogP contribution in [0.5, 0.6) is 11.5 Å². The fraction of sp³-hybridized carbons (Fsp3) is 0.167. The monoisotopic (exact) mass is 280 g/mol. The van der Waals surface area contributed by atoms with Crippen LogP contribution < -0.4 is 20.7 Å². The van der Waals surface area contributed by atoms with E-state index in [9.17, 15) is 0 Å². The van der Waals surface area contributed by atoms with Gasteiger partial charge in [0.05, 0.1) is 19.2 Å². The second kappa shape index (κ2) is 5.73. The van der Waals surface area contributed by atoms with Crippen LogP contribution in [0.1, 0.15) is 0 Å². The number of nitrogen functional groups attached to an aromatic ring is 1. The first-order chi connectivity index (χ1) is 9.19. The molecule has 0 aliphatic rings. The molecule has 2 rings (SSSR count). The molecule has 1 heterocycles. The second-order valence-corrected chi connectivity index (χ2v) is 4.01. The fourth-order valence-electron chi connectivity index (χ4n) is 1.63. The van der Waals surface area contributed by atoms with Crippen molar-refractivity contribution in [1.82, 2.24) is 9.97 Å². The van der Waals surface area contributed by atoms with E-state index in [2.05, 4.69) is 15.4 Å². The van der Waals surface area contributed by atoms with E-state index in [-0.39, 0.29) is 0 Å². The highest BCUT2D eigenvalue weighted by Gasteiger charge is 2.13. The maximum Gasteiger partial charge on any atom is 0.179 e. The number of anilines is 1. The first-order valence-corrected chi connectivity index (χ1v) is 5.79. The average Bonchev–Trinajstić information content (AvgIpc) is 2.46. The molecule has 0 spiro atoms. The van der Waals surface area contributed by atoms with Crippen LogP contribution in [0.2, 0.25) is 5.02 Å². The van der Waals surface area contributed by atoms with Crippen LogP contribution in [0.4, 0.5) is 5.82 Å². The molecule has 3 N–H and O–H groups in total. The van der Waals surface area contributed by atoms with E-state index >= 15 is 0 Å². The zero-order chi connectivity index (χ0) is 13.8. The molecule has 19 heavy (non-hydrogen) atoms. The van der Waals surface area contributed by atoms with Crippen molar-refractivity contribution in [2.24, 2.45) is 5.84 Å². The fourth-order valence-corrected chi connectivity index (χ4v) is 1.91. The lowest BCUT2D eigenvalue weighted by Gasteiger charge is -2.11. The van der Waals surface area contributed by atoms with E-state index < -0.39 is 0 Å². The third kappa shape index (κ3) is 2.69. The molecule has 0 saturated heterocycles. The summed E-state index contributed by atoms with van der Waals surface area (Å²) >= 11 is 6.14. The molecular formula is C12H13ClN4O2. The lowest BCUT2D eigenvalue weighted by atomic mass is 10.2. The minimum Gasteiger partial charge on any atom is -0.493 e. The molecule has 0 saturated carbocycles. The second-order valence-electron chi connectivity index (χ2n) is 3.60. The quantitative estimate of drug-likeness (QED) is 0.659. The summed E-state index contributed by atoms with van der Waals surface area (Å²) in [4.78, 5) is 8.40. The molecule has 0 fully saturated rings. The molecule has 0 radical (unpaired) electrons. The molecule has 0 unspecified atom stereocenters. The summed E-state index contributed by atoms with van der Waals surface area (Å²) in [6.45, 7) is 0. The standard InChI is InChI=1S/C12H13ClN4O2/c1-18-9-6-7(5-8(13)11(9)19-2)12-15-4-3-10(16-12)17-14/h3-6H,14H2,1-2H3,(H,15,16,17). The maximum atomic E-state index is 6.14. The van der Waals surface area contributed by atoms with Crippen LogP contribution in [0, 0.1) is 0 Å². The molecule has 0 aliphatic carbocycles. The van der Waals surface area contributed by atoms with Gasteiger partial charge in [-0.25, -0.2) is 15.8 Å². The summed E-state index contributed by atoms with van der Waals surface area (Å²) < 4.78 is 10.4. The Morgan fingerprint density at radius 1 is 1.26 bits per heavy atom. The van der Waals surface area contributed by atoms with Crippen molar-refractivity contribution in [2.75, 3.05) is 19.6 Å². The number of nitrogens with two attached hydrogens (primary N) is 1. The van der Waals surface area contributed by atoms with Crippen molar-refractivity contribution in [3.63, 3.8) is 0 Å². The highest BCUT2D eigenvalue weighted by molar-refractivity contribution is 6.32. The van der Waals surface area contributed by atoms with E-state index in [4.69, 9.17) is 26.9 Å². The van der Waals surface area contributed by atoms with Crippen molar-refractivity contribution in [2.45, 2.75) is 0 Å². The van der Waals surface area contributed by atoms with Crippen molar-refractivity contribution < 1.29 is 9.47 Å². The summed E-state index contributed by atoms with van der Waals surface area (Å²) in [5.74, 6) is 7.30. The zero-order valence-corrected chi connectivity index (χ0v) is 11.2. The number of aromatic nitrogens is 2. The van der Waals surface area contributed by atoms with Crippen molar-refractivity contribution in [1.29, 1.82) is 0 Å². The molecule has 0 amide bonds. The Morgan fingerprint density at radius 3 is 2.68 bits per heavy atom. The van der Waals surface area contributed by atoms with Crippen LogP contribution in [0.25, 0.3) is 11.4 Å². The third-order valence-corrected chi connectivity index (χ3v) is 2.78. The van der Waals surface area contributed by atoms with Gasteiger partial charge in [-0.15, -0.1) is 0 Å². The molecule has 7 heteroatoms. The normalized spacial score (nSPS) is 10.1. The number of benzene rings is 1. The van der Waals surface area contributed by atoms with E-state index in [1.54, 1.807) is 24.4 Å². The van der Waals surface area contributed by atoms with Crippen molar-refractivity contribution >= 4 is 17.4 Å². The van der Waals surface area contributed by atoms with Gasteiger partial charge < -0.3 is 14.9 Å². The van der Waals surface area contributed by atoms with Gasteiger partial charge in [0.1, 0.15) is 5.82 Å². The van der Waals surface area contributed by atoms with E-state index in [1.165, 1.54) is 14.2 Å². The predicted molar refractivity (Wildman–Crippen MR) is 73.4 cm³/mol. The summed E-state index contributed by atoms with van der Waals surface area (Å²) in [6, 6.07) is 5.12. The summed E-state index contributed by atoms with van der Waals surface area (Å²) in [5, 5.41) is 0.423. The topological polar surface area (TPSA) is 82.3 Å². The number of rotatable bonds is 4. The van der Waals surface area contributed by atoms with Gasteiger partial charge in [0.15, 0.2) is 17.3 Å². The molecule has 1 aromatic carbocycles. The smallest absolute Gasteiger partial charge is 0.179 e. The molecule has 2 aromatic rings. The number of hydrogen-bond acceptors (Lipinski definition) is 6. The molecule has 0 bridgehead atoms. The summed E-state index contributed by atoms with van der Waals surface area (Å²) in [5.41, 5.74) is 3.17. The molecule has 100 valence electrons. The minimum atomic E-state index is 0.423. The lowest BCUT2D eigenvalue weighted by molar-refractivity contribution is 0.355. The number of nitrogens with zero attached hydrogens (tertiary/aromatic N) is 2. The molecule has 0 atom stereocenters. The number of ether oxygens (including phenoxy) is 2. The molecule has 6 nitrogen and oxygen atoms in total. The predicted octanol–water partition coefficient (Wildman–Crippen LogP) is 2.10. The van der Waals surface area contributed by atoms with Crippen LogP contribution >= 0.6 is 11.6 Å². The first-order valence-electron chi connectivity index (χ1n) is 5.41. The van der Waals surface area contributed by atoms with Gasteiger partial charge in [0, 0.05) is 17.8 Å².